The van der Waals surface area contributed by atoms with Crippen LogP contribution in [0.15, 0.2) is 35.8 Å². The van der Waals surface area contributed by atoms with E-state index in [1.807, 2.05) is 32.0 Å². The number of para-hydroxylation sites is 1. The van der Waals surface area contributed by atoms with Crippen LogP contribution in [-0.2, 0) is 4.79 Å². The van der Waals surface area contributed by atoms with E-state index in [0.29, 0.717) is 29.6 Å². The Morgan fingerprint density at radius 1 is 1.42 bits per heavy atom. The van der Waals surface area contributed by atoms with Gasteiger partial charge in [-0.25, -0.2) is 4.68 Å². The molecule has 3 rings (SSSR count). The largest absolute Gasteiger partial charge is 0.493 e. The van der Waals surface area contributed by atoms with Crippen LogP contribution in [0, 0.1) is 0 Å². The van der Waals surface area contributed by atoms with Crippen LogP contribution in [0.2, 0.25) is 0 Å². The molecule has 0 amide bonds. The molecule has 0 radical (unpaired) electrons. The molecule has 1 aliphatic rings. The van der Waals surface area contributed by atoms with Crippen LogP contribution in [0.1, 0.15) is 32.4 Å². The summed E-state index contributed by atoms with van der Waals surface area (Å²) in [6.45, 7) is 5.81. The van der Waals surface area contributed by atoms with Gasteiger partial charge in [-0.15, -0.1) is 0 Å². The maximum absolute atomic E-state index is 12.3. The molecule has 1 unspecified atom stereocenters. The number of anilines is 1. The number of benzene rings is 1. The van der Waals surface area contributed by atoms with Crippen molar-refractivity contribution in [3.05, 3.63) is 41.4 Å². The average molecular weight is 328 g/mol. The number of fused-ring (bicyclic) bond motifs is 1. The molecule has 0 aliphatic carbocycles. The summed E-state index contributed by atoms with van der Waals surface area (Å²) in [6.07, 6.45) is 1.46. The van der Waals surface area contributed by atoms with E-state index in [4.69, 9.17) is 9.47 Å². The first-order valence-corrected chi connectivity index (χ1v) is 7.76. The Morgan fingerprint density at radius 2 is 2.21 bits per heavy atom. The maximum atomic E-state index is 12.3. The molecular formula is C17H20N4O3. The highest BCUT2D eigenvalue weighted by atomic mass is 16.5. The van der Waals surface area contributed by atoms with Gasteiger partial charge in [0.25, 0.3) is 0 Å². The van der Waals surface area contributed by atoms with Crippen molar-refractivity contribution in [2.45, 2.75) is 26.8 Å². The Labute approximate surface area is 140 Å². The Balaban J connectivity index is 2.25. The van der Waals surface area contributed by atoms with Crippen LogP contribution in [-0.4, -0.2) is 34.3 Å². The zero-order chi connectivity index (χ0) is 17.3. The molecule has 7 heteroatoms. The molecule has 1 atom stereocenters. The van der Waals surface area contributed by atoms with Gasteiger partial charge in [0.1, 0.15) is 12.4 Å². The summed E-state index contributed by atoms with van der Waals surface area (Å²) in [6, 6.07) is 5.22. The first kappa shape index (κ1) is 16.0. The summed E-state index contributed by atoms with van der Waals surface area (Å²) in [4.78, 5) is 16.5. The number of aromatic nitrogens is 3. The van der Waals surface area contributed by atoms with Crippen molar-refractivity contribution >= 4 is 11.7 Å². The van der Waals surface area contributed by atoms with Gasteiger partial charge in [-0.05, 0) is 26.8 Å². The van der Waals surface area contributed by atoms with E-state index >= 15 is 0 Å². The minimum atomic E-state index is -0.419. The van der Waals surface area contributed by atoms with E-state index in [-0.39, 0.29) is 5.78 Å². The molecule has 0 saturated carbocycles. The molecule has 2 aromatic rings. The third-order valence-electron chi connectivity index (χ3n) is 3.99. The van der Waals surface area contributed by atoms with Crippen LogP contribution in [0.25, 0.3) is 0 Å². The van der Waals surface area contributed by atoms with Gasteiger partial charge in [-0.3, -0.25) is 4.79 Å². The standard InChI is InChI=1S/C17H20N4O3/c1-5-24-16-12(7-6-8-13(16)23-4)15-14(11(3)22)10(2)20-17-18-9-19-21(15)17/h6-9,15H,5H2,1-4H3,(H,18,19,20). The summed E-state index contributed by atoms with van der Waals surface area (Å²) in [7, 11) is 1.60. The van der Waals surface area contributed by atoms with Crippen molar-refractivity contribution in [2.24, 2.45) is 0 Å². The first-order chi connectivity index (χ1) is 11.6. The van der Waals surface area contributed by atoms with Crippen LogP contribution in [0.5, 0.6) is 11.5 Å². The fourth-order valence-corrected chi connectivity index (χ4v) is 3.04. The fourth-order valence-electron chi connectivity index (χ4n) is 3.04. The van der Waals surface area contributed by atoms with Crippen molar-refractivity contribution in [3.63, 3.8) is 0 Å². The molecule has 0 spiro atoms. The van der Waals surface area contributed by atoms with Crippen LogP contribution >= 0.6 is 0 Å². The second-order valence-electron chi connectivity index (χ2n) is 5.46. The lowest BCUT2D eigenvalue weighted by Gasteiger charge is -2.29. The minimum Gasteiger partial charge on any atom is -0.493 e. The molecule has 24 heavy (non-hydrogen) atoms. The molecule has 1 aromatic carbocycles. The highest BCUT2D eigenvalue weighted by Crippen LogP contribution is 2.42. The lowest BCUT2D eigenvalue weighted by Crippen LogP contribution is -2.28. The Kier molecular flexibility index (Phi) is 4.24. The van der Waals surface area contributed by atoms with E-state index in [1.165, 1.54) is 6.33 Å². The van der Waals surface area contributed by atoms with Crippen molar-refractivity contribution in [2.75, 3.05) is 19.0 Å². The monoisotopic (exact) mass is 328 g/mol. The van der Waals surface area contributed by atoms with E-state index in [9.17, 15) is 4.79 Å². The molecule has 126 valence electrons. The van der Waals surface area contributed by atoms with Gasteiger partial charge in [-0.1, -0.05) is 12.1 Å². The number of methoxy groups -OCH3 is 1. The normalized spacial score (nSPS) is 16.4. The number of nitrogens with zero attached hydrogens (tertiary/aromatic N) is 3. The van der Waals surface area contributed by atoms with E-state index in [1.54, 1.807) is 18.7 Å². The number of ether oxygens (including phenoxy) is 2. The van der Waals surface area contributed by atoms with Gasteiger partial charge in [0.15, 0.2) is 17.3 Å². The number of allylic oxidation sites excluding steroid dienone is 2. The smallest absolute Gasteiger partial charge is 0.226 e. The topological polar surface area (TPSA) is 78.3 Å². The quantitative estimate of drug-likeness (QED) is 0.909. The minimum absolute atomic E-state index is 0.0311. The van der Waals surface area contributed by atoms with Gasteiger partial charge in [0.05, 0.1) is 13.7 Å². The van der Waals surface area contributed by atoms with Crippen molar-refractivity contribution in [3.8, 4) is 11.5 Å². The van der Waals surface area contributed by atoms with Gasteiger partial charge in [0, 0.05) is 16.8 Å². The molecule has 7 nitrogen and oxygen atoms in total. The third-order valence-corrected chi connectivity index (χ3v) is 3.99. The Morgan fingerprint density at radius 3 is 2.88 bits per heavy atom. The molecule has 1 N–H and O–H groups in total. The second kappa shape index (κ2) is 6.35. The van der Waals surface area contributed by atoms with Crippen molar-refractivity contribution in [1.82, 2.24) is 14.8 Å². The van der Waals surface area contributed by atoms with Gasteiger partial charge < -0.3 is 14.8 Å². The van der Waals surface area contributed by atoms with Crippen LogP contribution in [0.4, 0.5) is 5.95 Å². The number of hydrogen-bond donors (Lipinski definition) is 1. The van der Waals surface area contributed by atoms with E-state index in [0.717, 1.165) is 11.3 Å². The molecule has 1 aromatic heterocycles. The molecule has 2 heterocycles. The summed E-state index contributed by atoms with van der Waals surface area (Å²) in [5, 5.41) is 7.43. The van der Waals surface area contributed by atoms with Crippen molar-refractivity contribution < 1.29 is 14.3 Å². The predicted octanol–water partition coefficient (Wildman–Crippen LogP) is 2.56. The Bertz CT molecular complexity index is 810. The molecule has 1 aliphatic heterocycles. The molecule has 0 bridgehead atoms. The third kappa shape index (κ3) is 2.51. The number of carbonyl (C=O) groups is 1. The Hall–Kier alpha value is -2.83. The summed E-state index contributed by atoms with van der Waals surface area (Å²) in [5.41, 5.74) is 2.20. The van der Waals surface area contributed by atoms with Crippen molar-refractivity contribution in [1.29, 1.82) is 0 Å². The number of nitrogens with one attached hydrogen (secondary N) is 1. The first-order valence-electron chi connectivity index (χ1n) is 7.76. The maximum Gasteiger partial charge on any atom is 0.226 e. The lowest BCUT2D eigenvalue weighted by atomic mass is 9.92. The van der Waals surface area contributed by atoms with Crippen LogP contribution < -0.4 is 14.8 Å². The second-order valence-corrected chi connectivity index (χ2v) is 5.46. The van der Waals surface area contributed by atoms with Gasteiger partial charge in [-0.2, -0.15) is 10.1 Å². The van der Waals surface area contributed by atoms with Gasteiger partial charge in [0.2, 0.25) is 5.95 Å². The molecule has 0 fully saturated rings. The average Bonchev–Trinajstić information content (AvgIpc) is 3.01. The zero-order valence-electron chi connectivity index (χ0n) is 14.2. The predicted molar refractivity (Wildman–Crippen MR) is 89.3 cm³/mol. The number of rotatable bonds is 5. The number of ketones is 1. The van der Waals surface area contributed by atoms with E-state index < -0.39 is 6.04 Å². The number of hydrogen-bond acceptors (Lipinski definition) is 6. The summed E-state index contributed by atoms with van der Waals surface area (Å²) >= 11 is 0. The fraction of sp³-hybridized carbons (Fsp3) is 0.353. The lowest BCUT2D eigenvalue weighted by molar-refractivity contribution is -0.114. The van der Waals surface area contributed by atoms with E-state index in [2.05, 4.69) is 15.4 Å². The SMILES string of the molecule is CCOc1c(OC)cccc1C1C(C(C)=O)=C(C)Nc2ncnn21. The zero-order valence-corrected chi connectivity index (χ0v) is 14.2. The highest BCUT2D eigenvalue weighted by molar-refractivity contribution is 5.96. The molecule has 0 saturated heterocycles. The highest BCUT2D eigenvalue weighted by Gasteiger charge is 2.34. The number of carbonyl (C=O) groups excluding carboxylic acids is 1. The summed E-state index contributed by atoms with van der Waals surface area (Å²) < 4.78 is 13.0. The molecular weight excluding hydrogens is 308 g/mol. The summed E-state index contributed by atoms with van der Waals surface area (Å²) in [5.74, 6) is 1.79. The number of Topliss-reactive ketones (excluding diaryl/α,β-unsaturated/α-hetero) is 1. The van der Waals surface area contributed by atoms with Crippen LogP contribution in [0.3, 0.4) is 0 Å². The van der Waals surface area contributed by atoms with Gasteiger partial charge >= 0.3 is 0 Å².